The van der Waals surface area contributed by atoms with Crippen molar-refractivity contribution in [1.29, 1.82) is 0 Å². The second kappa shape index (κ2) is 21.2. The first kappa shape index (κ1) is 30.4. The monoisotopic (exact) mass is 444 g/mol. The van der Waals surface area contributed by atoms with E-state index in [1.165, 1.54) is 77.0 Å². The maximum atomic E-state index is 12.4. The topological polar surface area (TPSA) is 87.0 Å². The molecule has 0 aliphatic rings. The molecule has 5 nitrogen and oxygen atoms in total. The van der Waals surface area contributed by atoms with Crippen LogP contribution in [0.2, 0.25) is 0 Å². The van der Waals surface area contributed by atoms with Crippen molar-refractivity contribution in [3.05, 3.63) is 0 Å². The molecule has 5 heteroatoms. The molecule has 0 radical (unpaired) electrons. The predicted molar refractivity (Wildman–Crippen MR) is 128 cm³/mol. The lowest BCUT2D eigenvalue weighted by atomic mass is 9.91. The molecule has 31 heavy (non-hydrogen) atoms. The van der Waals surface area contributed by atoms with Crippen LogP contribution >= 0.6 is 0 Å². The summed E-state index contributed by atoms with van der Waals surface area (Å²) in [6, 6.07) is 0. The van der Waals surface area contributed by atoms with Gasteiger partial charge in [0.25, 0.3) is 0 Å². The molecule has 0 bridgehead atoms. The van der Waals surface area contributed by atoms with E-state index in [0.717, 1.165) is 25.7 Å². The molecular formula is C26H52O5. The van der Waals surface area contributed by atoms with Crippen molar-refractivity contribution in [3.63, 3.8) is 0 Å². The van der Waals surface area contributed by atoms with Gasteiger partial charge in [0.2, 0.25) is 0 Å². The largest absolute Gasteiger partial charge is 0.465 e. The molecule has 3 N–H and O–H groups in total. The Morgan fingerprint density at radius 2 is 1.06 bits per heavy atom. The minimum atomic E-state index is -1.15. The Kier molecular flexibility index (Phi) is 20.8. The molecule has 0 saturated carbocycles. The Labute approximate surface area is 192 Å². The fourth-order valence-corrected chi connectivity index (χ4v) is 3.94. The molecule has 0 aromatic rings. The molecule has 0 aromatic carbocycles. The lowest BCUT2D eigenvalue weighted by molar-refractivity contribution is -0.152. The second-order valence-electron chi connectivity index (χ2n) is 9.53. The van der Waals surface area contributed by atoms with Gasteiger partial charge in [-0.25, -0.2) is 0 Å². The Morgan fingerprint density at radius 1 is 0.677 bits per heavy atom. The lowest BCUT2D eigenvalue weighted by Gasteiger charge is -2.27. The molecular weight excluding hydrogens is 392 g/mol. The summed E-state index contributed by atoms with van der Waals surface area (Å²) in [6.07, 6.45) is 20.3. The summed E-state index contributed by atoms with van der Waals surface area (Å²) in [4.78, 5) is 12.4. The van der Waals surface area contributed by atoms with Crippen LogP contribution in [-0.2, 0) is 9.53 Å². The van der Waals surface area contributed by atoms with E-state index in [9.17, 15) is 20.1 Å². The van der Waals surface area contributed by atoms with Crippen LogP contribution in [0.1, 0.15) is 123 Å². The highest BCUT2D eigenvalue weighted by Crippen LogP contribution is 2.24. The van der Waals surface area contributed by atoms with E-state index in [0.29, 0.717) is 12.3 Å². The van der Waals surface area contributed by atoms with Crippen LogP contribution in [0.15, 0.2) is 0 Å². The number of aliphatic hydroxyl groups excluding tert-OH is 3. The normalized spacial score (nSPS) is 12.8. The summed E-state index contributed by atoms with van der Waals surface area (Å²) >= 11 is 0. The summed E-state index contributed by atoms with van der Waals surface area (Å²) in [5.74, 6) is 0.0563. The number of esters is 1. The highest BCUT2D eigenvalue weighted by molar-refractivity contribution is 5.69. The van der Waals surface area contributed by atoms with Gasteiger partial charge in [0.1, 0.15) is 6.61 Å². The molecule has 0 saturated heterocycles. The Hall–Kier alpha value is -0.650. The van der Waals surface area contributed by atoms with Crippen LogP contribution < -0.4 is 0 Å². The SMILES string of the molecule is CCCCCCCCCCC(CCCCCCCC)CC(=O)OCC(CO)(CO)CO. The minimum Gasteiger partial charge on any atom is -0.465 e. The van der Waals surface area contributed by atoms with Gasteiger partial charge in [0.15, 0.2) is 0 Å². The predicted octanol–water partition coefficient (Wildman–Crippen LogP) is 5.78. The summed E-state index contributed by atoms with van der Waals surface area (Å²) in [5.41, 5.74) is -1.15. The first-order valence-electron chi connectivity index (χ1n) is 13.1. The Morgan fingerprint density at radius 3 is 1.45 bits per heavy atom. The van der Waals surface area contributed by atoms with E-state index < -0.39 is 25.2 Å². The first-order chi connectivity index (χ1) is 15.1. The van der Waals surface area contributed by atoms with Crippen molar-refractivity contribution >= 4 is 5.97 Å². The van der Waals surface area contributed by atoms with E-state index >= 15 is 0 Å². The van der Waals surface area contributed by atoms with Crippen LogP contribution in [0.4, 0.5) is 0 Å². The zero-order valence-corrected chi connectivity index (χ0v) is 20.6. The number of carbonyl (C=O) groups excluding carboxylic acids is 1. The minimum absolute atomic E-state index is 0.142. The Bertz CT molecular complexity index is 387. The third kappa shape index (κ3) is 16.6. The third-order valence-electron chi connectivity index (χ3n) is 6.43. The summed E-state index contributed by atoms with van der Waals surface area (Å²) in [7, 11) is 0. The average Bonchev–Trinajstić information content (AvgIpc) is 2.79. The van der Waals surface area contributed by atoms with Crippen molar-refractivity contribution in [2.24, 2.45) is 11.3 Å². The molecule has 0 fully saturated rings. The lowest BCUT2D eigenvalue weighted by Crippen LogP contribution is -2.39. The first-order valence-corrected chi connectivity index (χ1v) is 13.1. The van der Waals surface area contributed by atoms with Crippen molar-refractivity contribution in [3.8, 4) is 0 Å². The van der Waals surface area contributed by atoms with Crippen LogP contribution in [-0.4, -0.2) is 47.7 Å². The van der Waals surface area contributed by atoms with E-state index in [4.69, 9.17) is 4.74 Å². The number of hydrogen-bond donors (Lipinski definition) is 3. The molecule has 0 heterocycles. The molecule has 0 amide bonds. The Balaban J connectivity index is 4.33. The number of unbranched alkanes of at least 4 members (excludes halogenated alkanes) is 12. The summed E-state index contributed by atoms with van der Waals surface area (Å²) in [5, 5.41) is 28.2. The highest BCUT2D eigenvalue weighted by Gasteiger charge is 2.30. The van der Waals surface area contributed by atoms with Gasteiger partial charge < -0.3 is 20.1 Å². The number of rotatable bonds is 23. The number of aliphatic hydroxyl groups is 3. The van der Waals surface area contributed by atoms with Gasteiger partial charge in [-0.3, -0.25) is 4.79 Å². The van der Waals surface area contributed by atoms with Gasteiger partial charge in [-0.05, 0) is 18.8 Å². The fraction of sp³-hybridized carbons (Fsp3) is 0.962. The number of hydrogen-bond acceptors (Lipinski definition) is 5. The molecule has 186 valence electrons. The molecule has 0 rings (SSSR count). The van der Waals surface area contributed by atoms with E-state index in [1.807, 2.05) is 0 Å². The maximum absolute atomic E-state index is 12.4. The molecule has 1 atom stereocenters. The summed E-state index contributed by atoms with van der Waals surface area (Å²) in [6.45, 7) is 3.10. The van der Waals surface area contributed by atoms with Gasteiger partial charge in [0.05, 0.1) is 25.2 Å². The third-order valence-corrected chi connectivity index (χ3v) is 6.43. The maximum Gasteiger partial charge on any atom is 0.306 e. The zero-order chi connectivity index (χ0) is 23.2. The van der Waals surface area contributed by atoms with Gasteiger partial charge >= 0.3 is 5.97 Å². The standard InChI is InChI=1S/C26H52O5/c1-3-5-7-9-11-12-14-16-18-24(17-15-13-10-8-6-4-2)19-25(30)31-23-26(20-27,21-28)22-29/h24,27-29H,3-23H2,1-2H3. The smallest absolute Gasteiger partial charge is 0.306 e. The average molecular weight is 445 g/mol. The highest BCUT2D eigenvalue weighted by atomic mass is 16.5. The molecule has 0 spiro atoms. The van der Waals surface area contributed by atoms with Gasteiger partial charge in [-0.2, -0.15) is 0 Å². The zero-order valence-electron chi connectivity index (χ0n) is 20.6. The van der Waals surface area contributed by atoms with E-state index in [1.54, 1.807) is 0 Å². The van der Waals surface area contributed by atoms with Gasteiger partial charge in [0, 0.05) is 6.42 Å². The number of carbonyl (C=O) groups is 1. The summed E-state index contributed by atoms with van der Waals surface area (Å²) < 4.78 is 5.33. The quantitative estimate of drug-likeness (QED) is 0.137. The molecule has 1 unspecified atom stereocenters. The second-order valence-corrected chi connectivity index (χ2v) is 9.53. The van der Waals surface area contributed by atoms with E-state index in [-0.39, 0.29) is 12.6 Å². The number of ether oxygens (including phenoxy) is 1. The molecule has 0 aliphatic heterocycles. The van der Waals surface area contributed by atoms with Crippen LogP contribution in [0, 0.1) is 11.3 Å². The van der Waals surface area contributed by atoms with Gasteiger partial charge in [-0.1, -0.05) is 104 Å². The molecule has 0 aromatic heterocycles. The van der Waals surface area contributed by atoms with E-state index in [2.05, 4.69) is 13.8 Å². The van der Waals surface area contributed by atoms with Crippen molar-refractivity contribution in [2.45, 2.75) is 123 Å². The molecule has 0 aliphatic carbocycles. The van der Waals surface area contributed by atoms with Crippen LogP contribution in [0.25, 0.3) is 0 Å². The van der Waals surface area contributed by atoms with Gasteiger partial charge in [-0.15, -0.1) is 0 Å². The van der Waals surface area contributed by atoms with Crippen molar-refractivity contribution in [2.75, 3.05) is 26.4 Å². The van der Waals surface area contributed by atoms with Crippen LogP contribution in [0.5, 0.6) is 0 Å². The van der Waals surface area contributed by atoms with Crippen LogP contribution in [0.3, 0.4) is 0 Å². The van der Waals surface area contributed by atoms with Crippen molar-refractivity contribution in [1.82, 2.24) is 0 Å². The fourth-order valence-electron chi connectivity index (χ4n) is 3.94. The van der Waals surface area contributed by atoms with Crippen molar-refractivity contribution < 1.29 is 24.9 Å².